The molecule has 1 aliphatic heterocycles. The van der Waals surface area contributed by atoms with E-state index >= 15 is 0 Å². The highest BCUT2D eigenvalue weighted by Crippen LogP contribution is 2.47. The molecule has 1 N–H and O–H groups in total. The van der Waals surface area contributed by atoms with Crippen LogP contribution < -0.4 is 9.47 Å². The number of carbonyl (C=O) groups excluding carboxylic acids is 1. The predicted octanol–water partition coefficient (Wildman–Crippen LogP) is 3.61. The minimum absolute atomic E-state index is 0.0150. The predicted molar refractivity (Wildman–Crippen MR) is 100 cm³/mol. The molecule has 2 aromatic carbocycles. The number of hydrogen-bond acceptors (Lipinski definition) is 4. The molecule has 4 rings (SSSR count). The molecule has 6 heteroatoms. The Morgan fingerprint density at radius 2 is 1.58 bits per heavy atom. The van der Waals surface area contributed by atoms with Crippen LogP contribution in [0.3, 0.4) is 0 Å². The van der Waals surface area contributed by atoms with E-state index in [-0.39, 0.29) is 12.5 Å². The Kier molecular flexibility index (Phi) is 4.41. The standard InChI is InChI=1S/C20H15N3O2S/c24-20(14-22-11-9-15(10-12-22)13-21-25)23-16-5-1-3-7-18(16)26-19-8-4-2-6-17(19)23/h1-13H,14H2/p+1. The van der Waals surface area contributed by atoms with E-state index in [4.69, 9.17) is 5.21 Å². The average Bonchev–Trinajstić information content (AvgIpc) is 2.67. The zero-order chi connectivity index (χ0) is 17.9. The zero-order valence-electron chi connectivity index (χ0n) is 13.8. The van der Waals surface area contributed by atoms with Crippen molar-refractivity contribution in [2.45, 2.75) is 16.3 Å². The highest BCUT2D eigenvalue weighted by Gasteiger charge is 2.29. The number of anilines is 2. The van der Waals surface area contributed by atoms with Gasteiger partial charge in [0.25, 0.3) is 5.91 Å². The quantitative estimate of drug-likeness (QED) is 0.335. The Labute approximate surface area is 155 Å². The van der Waals surface area contributed by atoms with Gasteiger partial charge in [-0.25, -0.2) is 0 Å². The van der Waals surface area contributed by atoms with Crippen molar-refractivity contribution in [1.82, 2.24) is 0 Å². The second kappa shape index (κ2) is 7.01. The van der Waals surface area contributed by atoms with Gasteiger partial charge in [-0.3, -0.25) is 9.69 Å². The first-order chi connectivity index (χ1) is 12.8. The van der Waals surface area contributed by atoms with Gasteiger partial charge in [0, 0.05) is 27.5 Å². The summed E-state index contributed by atoms with van der Waals surface area (Å²) >= 11 is 1.68. The van der Waals surface area contributed by atoms with Gasteiger partial charge in [0.05, 0.1) is 17.6 Å². The van der Waals surface area contributed by atoms with Crippen molar-refractivity contribution in [2.24, 2.45) is 5.16 Å². The fraction of sp³-hybridized carbons (Fsp3) is 0.0500. The number of hydrogen-bond donors (Lipinski definition) is 1. The van der Waals surface area contributed by atoms with Crippen LogP contribution in [-0.4, -0.2) is 17.3 Å². The molecule has 0 saturated heterocycles. The molecular formula is C20H16N3O2S+. The van der Waals surface area contributed by atoms with Crippen molar-refractivity contribution in [2.75, 3.05) is 4.90 Å². The minimum atomic E-state index is -0.0150. The molecular weight excluding hydrogens is 346 g/mol. The van der Waals surface area contributed by atoms with Crippen LogP contribution >= 0.6 is 11.8 Å². The second-order valence-electron chi connectivity index (χ2n) is 5.82. The molecule has 2 heterocycles. The lowest BCUT2D eigenvalue weighted by molar-refractivity contribution is -0.684. The van der Waals surface area contributed by atoms with Gasteiger partial charge in [-0.05, 0) is 24.3 Å². The molecule has 1 aliphatic rings. The maximum absolute atomic E-state index is 13.1. The summed E-state index contributed by atoms with van der Waals surface area (Å²) in [6.07, 6.45) is 4.94. The molecule has 0 fully saturated rings. The van der Waals surface area contributed by atoms with Gasteiger partial charge in [-0.1, -0.05) is 41.2 Å². The first-order valence-corrected chi connectivity index (χ1v) is 8.93. The second-order valence-corrected chi connectivity index (χ2v) is 6.90. The fourth-order valence-electron chi connectivity index (χ4n) is 2.93. The summed E-state index contributed by atoms with van der Waals surface area (Å²) in [5, 5.41) is 11.6. The van der Waals surface area contributed by atoms with E-state index in [0.29, 0.717) is 0 Å². The van der Waals surface area contributed by atoms with Crippen LogP contribution in [0.1, 0.15) is 5.56 Å². The summed E-state index contributed by atoms with van der Waals surface area (Å²) in [5.41, 5.74) is 2.58. The van der Waals surface area contributed by atoms with Crippen molar-refractivity contribution in [1.29, 1.82) is 0 Å². The minimum Gasteiger partial charge on any atom is -0.411 e. The van der Waals surface area contributed by atoms with Crippen LogP contribution in [0.15, 0.2) is 88.0 Å². The number of oxime groups is 1. The van der Waals surface area contributed by atoms with Crippen molar-refractivity contribution in [3.05, 3.63) is 78.6 Å². The van der Waals surface area contributed by atoms with Crippen molar-refractivity contribution >= 4 is 35.3 Å². The van der Waals surface area contributed by atoms with E-state index in [9.17, 15) is 4.79 Å². The third-order valence-electron chi connectivity index (χ3n) is 4.12. The largest absolute Gasteiger partial charge is 0.411 e. The van der Waals surface area contributed by atoms with Gasteiger partial charge >= 0.3 is 0 Å². The number of amides is 1. The molecule has 1 amide bonds. The smallest absolute Gasteiger partial charge is 0.297 e. The third-order valence-corrected chi connectivity index (χ3v) is 5.25. The molecule has 1 aromatic heterocycles. The van der Waals surface area contributed by atoms with E-state index in [1.807, 2.05) is 53.1 Å². The van der Waals surface area contributed by atoms with Crippen LogP contribution in [0.4, 0.5) is 11.4 Å². The van der Waals surface area contributed by atoms with Crippen LogP contribution in [-0.2, 0) is 11.3 Å². The van der Waals surface area contributed by atoms with Gasteiger partial charge in [0.2, 0.25) is 6.54 Å². The monoisotopic (exact) mass is 362 g/mol. The van der Waals surface area contributed by atoms with E-state index in [0.717, 1.165) is 26.7 Å². The van der Waals surface area contributed by atoms with E-state index in [2.05, 4.69) is 5.16 Å². The molecule has 0 spiro atoms. The van der Waals surface area contributed by atoms with Crippen LogP contribution in [0.5, 0.6) is 0 Å². The van der Waals surface area contributed by atoms with E-state index in [1.54, 1.807) is 41.2 Å². The molecule has 128 valence electrons. The van der Waals surface area contributed by atoms with Gasteiger partial charge < -0.3 is 5.21 Å². The normalized spacial score (nSPS) is 12.7. The number of nitrogens with zero attached hydrogens (tertiary/aromatic N) is 3. The summed E-state index contributed by atoms with van der Waals surface area (Å²) in [5.74, 6) is -0.0150. The summed E-state index contributed by atoms with van der Waals surface area (Å²) in [6, 6.07) is 19.5. The average molecular weight is 362 g/mol. The van der Waals surface area contributed by atoms with E-state index < -0.39 is 0 Å². The molecule has 3 aromatic rings. The first kappa shape index (κ1) is 16.4. The van der Waals surface area contributed by atoms with Crippen LogP contribution in [0.25, 0.3) is 0 Å². The number of para-hydroxylation sites is 2. The Hall–Kier alpha value is -3.12. The van der Waals surface area contributed by atoms with Crippen LogP contribution in [0.2, 0.25) is 0 Å². The van der Waals surface area contributed by atoms with Gasteiger partial charge in [-0.15, -0.1) is 0 Å². The number of pyridine rings is 1. The number of rotatable bonds is 3. The van der Waals surface area contributed by atoms with Crippen molar-refractivity contribution in [3.8, 4) is 0 Å². The lowest BCUT2D eigenvalue weighted by Crippen LogP contribution is -2.43. The summed E-state index contributed by atoms with van der Waals surface area (Å²) in [6.45, 7) is 0.212. The summed E-state index contributed by atoms with van der Waals surface area (Å²) < 4.78 is 1.81. The van der Waals surface area contributed by atoms with Gasteiger partial charge in [0.15, 0.2) is 12.4 Å². The lowest BCUT2D eigenvalue weighted by atomic mass is 10.2. The molecule has 0 atom stereocenters. The summed E-state index contributed by atoms with van der Waals surface area (Å²) in [7, 11) is 0. The van der Waals surface area contributed by atoms with Gasteiger partial charge in [-0.2, -0.15) is 4.57 Å². The Bertz CT molecular complexity index is 941. The number of carbonyl (C=O) groups is 1. The Morgan fingerprint density at radius 3 is 2.15 bits per heavy atom. The zero-order valence-corrected chi connectivity index (χ0v) is 14.6. The van der Waals surface area contributed by atoms with Crippen LogP contribution in [0, 0.1) is 0 Å². The Balaban J connectivity index is 1.67. The molecule has 0 saturated carbocycles. The highest BCUT2D eigenvalue weighted by atomic mass is 32.2. The molecule has 0 radical (unpaired) electrons. The topological polar surface area (TPSA) is 56.8 Å². The van der Waals surface area contributed by atoms with E-state index in [1.165, 1.54) is 6.21 Å². The molecule has 26 heavy (non-hydrogen) atoms. The number of benzene rings is 2. The fourth-order valence-corrected chi connectivity index (χ4v) is 3.99. The van der Waals surface area contributed by atoms with Crippen molar-refractivity contribution < 1.29 is 14.6 Å². The number of aromatic nitrogens is 1. The lowest BCUT2D eigenvalue weighted by Gasteiger charge is -2.30. The number of fused-ring (bicyclic) bond motifs is 2. The molecule has 0 unspecified atom stereocenters. The Morgan fingerprint density at radius 1 is 1.00 bits per heavy atom. The SMILES string of the molecule is O=C(C[n+]1ccc(/C=N/O)cc1)N1c2ccccc2Sc2ccccc21. The third kappa shape index (κ3) is 3.07. The first-order valence-electron chi connectivity index (χ1n) is 8.11. The molecule has 5 nitrogen and oxygen atoms in total. The highest BCUT2D eigenvalue weighted by molar-refractivity contribution is 7.99. The molecule has 0 bridgehead atoms. The summed E-state index contributed by atoms with van der Waals surface area (Å²) in [4.78, 5) is 17.1. The maximum Gasteiger partial charge on any atom is 0.297 e. The molecule has 0 aliphatic carbocycles. The maximum atomic E-state index is 13.1. The van der Waals surface area contributed by atoms with Crippen molar-refractivity contribution in [3.63, 3.8) is 0 Å². The van der Waals surface area contributed by atoms with Gasteiger partial charge in [0.1, 0.15) is 0 Å².